The maximum absolute atomic E-state index is 13.8. The van der Waals surface area contributed by atoms with E-state index in [1.165, 1.54) is 7.11 Å². The first-order chi connectivity index (χ1) is 18.6. The monoisotopic (exact) mass is 556 g/mol. The molecule has 210 valence electrons. The number of hydrogen-bond donors (Lipinski definition) is 0. The molecule has 1 heterocycles. The molecule has 2 aromatic rings. The molecule has 0 aromatic heterocycles. The highest BCUT2D eigenvalue weighted by molar-refractivity contribution is 6.30. The lowest BCUT2D eigenvalue weighted by Crippen LogP contribution is -2.50. The Morgan fingerprint density at radius 2 is 1.72 bits per heavy atom. The average Bonchev–Trinajstić information content (AvgIpc) is 2.92. The third-order valence-electron chi connectivity index (χ3n) is 7.70. The quantitative estimate of drug-likeness (QED) is 0.338. The van der Waals surface area contributed by atoms with Crippen molar-refractivity contribution in [3.63, 3.8) is 0 Å². The Kier molecular flexibility index (Phi) is 9.05. The van der Waals surface area contributed by atoms with E-state index in [-0.39, 0.29) is 48.9 Å². The van der Waals surface area contributed by atoms with E-state index in [0.29, 0.717) is 16.5 Å². The number of hydrogen-bond acceptors (Lipinski definition) is 6. The lowest BCUT2D eigenvalue weighted by molar-refractivity contribution is -0.148. The number of nitrogens with zero attached hydrogens (tertiary/aromatic N) is 2. The van der Waals surface area contributed by atoms with Crippen molar-refractivity contribution in [2.45, 2.75) is 76.6 Å². The molecule has 2 amide bonds. The summed E-state index contributed by atoms with van der Waals surface area (Å²) in [6.45, 7) is 3.94. The average molecular weight is 557 g/mol. The number of methoxy groups -OCH3 is 2. The van der Waals surface area contributed by atoms with E-state index in [0.717, 1.165) is 42.4 Å². The van der Waals surface area contributed by atoms with Gasteiger partial charge in [-0.05, 0) is 80.5 Å². The van der Waals surface area contributed by atoms with Crippen LogP contribution < -0.4 is 9.47 Å². The third-order valence-corrected chi connectivity index (χ3v) is 7.95. The van der Waals surface area contributed by atoms with Gasteiger partial charge in [0.1, 0.15) is 6.42 Å². The smallest absolute Gasteiger partial charge is 0.315 e. The SMILES string of the molecule is COC(=O)CC(=O)N(C)[C@H]1CC[C@H](N2C(=O)Cc3cc(OC)c(OC(C)C)cc3C2c2ccc(Cl)cc2)CC1. The maximum atomic E-state index is 13.8. The maximum Gasteiger partial charge on any atom is 0.315 e. The van der Waals surface area contributed by atoms with Crippen LogP contribution in [0, 0.1) is 0 Å². The Morgan fingerprint density at radius 1 is 1.05 bits per heavy atom. The van der Waals surface area contributed by atoms with Crippen LogP contribution in [0.1, 0.15) is 68.7 Å². The van der Waals surface area contributed by atoms with Crippen molar-refractivity contribution in [2.24, 2.45) is 0 Å². The molecule has 2 aromatic carbocycles. The second-order valence-corrected chi connectivity index (χ2v) is 11.0. The summed E-state index contributed by atoms with van der Waals surface area (Å²) in [6, 6.07) is 11.3. The number of esters is 1. The number of amides is 2. The number of fused-ring (bicyclic) bond motifs is 1. The molecule has 1 atom stereocenters. The first kappa shape index (κ1) is 28.7. The van der Waals surface area contributed by atoms with E-state index >= 15 is 0 Å². The predicted octanol–water partition coefficient (Wildman–Crippen LogP) is 4.94. The highest BCUT2D eigenvalue weighted by Crippen LogP contribution is 2.44. The molecular formula is C30H37ClN2O6. The van der Waals surface area contributed by atoms with Crippen LogP contribution in [0.5, 0.6) is 11.5 Å². The second-order valence-electron chi connectivity index (χ2n) is 10.5. The van der Waals surface area contributed by atoms with Crippen molar-refractivity contribution < 1.29 is 28.6 Å². The van der Waals surface area contributed by atoms with Crippen molar-refractivity contribution in [3.8, 4) is 11.5 Å². The molecule has 1 aliphatic carbocycles. The molecule has 0 spiro atoms. The number of carbonyl (C=O) groups is 3. The summed E-state index contributed by atoms with van der Waals surface area (Å²) in [4.78, 5) is 41.5. The largest absolute Gasteiger partial charge is 0.493 e. The van der Waals surface area contributed by atoms with Crippen LogP contribution in [0.15, 0.2) is 36.4 Å². The Balaban J connectivity index is 1.64. The first-order valence-electron chi connectivity index (χ1n) is 13.4. The van der Waals surface area contributed by atoms with Crippen LogP contribution in [0.4, 0.5) is 0 Å². The van der Waals surface area contributed by atoms with Crippen molar-refractivity contribution in [1.82, 2.24) is 9.80 Å². The molecule has 39 heavy (non-hydrogen) atoms. The zero-order valence-corrected chi connectivity index (χ0v) is 24.0. The lowest BCUT2D eigenvalue weighted by atomic mass is 9.82. The van der Waals surface area contributed by atoms with E-state index in [4.69, 9.17) is 21.1 Å². The van der Waals surface area contributed by atoms with Gasteiger partial charge in [0.2, 0.25) is 11.8 Å². The minimum absolute atomic E-state index is 0.00301. The van der Waals surface area contributed by atoms with Crippen molar-refractivity contribution >= 4 is 29.4 Å². The summed E-state index contributed by atoms with van der Waals surface area (Å²) >= 11 is 6.22. The molecule has 1 aliphatic heterocycles. The summed E-state index contributed by atoms with van der Waals surface area (Å²) in [6.07, 6.45) is 2.94. The van der Waals surface area contributed by atoms with Gasteiger partial charge >= 0.3 is 5.97 Å². The summed E-state index contributed by atoms with van der Waals surface area (Å²) in [5.41, 5.74) is 2.91. The zero-order chi connectivity index (χ0) is 28.3. The molecule has 8 nitrogen and oxygen atoms in total. The number of halogens is 1. The van der Waals surface area contributed by atoms with Crippen molar-refractivity contribution in [3.05, 3.63) is 58.1 Å². The van der Waals surface area contributed by atoms with Gasteiger partial charge in [-0.3, -0.25) is 14.4 Å². The third kappa shape index (κ3) is 6.32. The second kappa shape index (κ2) is 12.3. The molecule has 1 unspecified atom stereocenters. The van der Waals surface area contributed by atoms with Crippen LogP contribution in [0.2, 0.25) is 5.02 Å². The number of carbonyl (C=O) groups excluding carboxylic acids is 3. The van der Waals surface area contributed by atoms with Gasteiger partial charge in [-0.15, -0.1) is 0 Å². The van der Waals surface area contributed by atoms with Crippen LogP contribution in [0.25, 0.3) is 0 Å². The Hall–Kier alpha value is -3.26. The lowest BCUT2D eigenvalue weighted by Gasteiger charge is -2.46. The fourth-order valence-corrected chi connectivity index (χ4v) is 5.85. The summed E-state index contributed by atoms with van der Waals surface area (Å²) in [5, 5.41) is 0.631. The fourth-order valence-electron chi connectivity index (χ4n) is 5.73. The van der Waals surface area contributed by atoms with E-state index in [9.17, 15) is 14.4 Å². The topological polar surface area (TPSA) is 85.4 Å². The van der Waals surface area contributed by atoms with Gasteiger partial charge < -0.3 is 24.0 Å². The van der Waals surface area contributed by atoms with Crippen LogP contribution in [-0.4, -0.2) is 67.0 Å². The molecule has 9 heteroatoms. The van der Waals surface area contributed by atoms with Gasteiger partial charge in [0.05, 0.1) is 32.8 Å². The number of benzene rings is 2. The highest BCUT2D eigenvalue weighted by atomic mass is 35.5. The van der Waals surface area contributed by atoms with Gasteiger partial charge in [0.25, 0.3) is 0 Å². The molecule has 1 saturated carbocycles. The molecule has 0 radical (unpaired) electrons. The molecule has 0 N–H and O–H groups in total. The highest BCUT2D eigenvalue weighted by Gasteiger charge is 2.41. The minimum atomic E-state index is -0.540. The Morgan fingerprint density at radius 3 is 2.31 bits per heavy atom. The zero-order valence-electron chi connectivity index (χ0n) is 23.2. The molecular weight excluding hydrogens is 520 g/mol. The summed E-state index contributed by atoms with van der Waals surface area (Å²) < 4.78 is 16.3. The Bertz CT molecular complexity index is 1210. The van der Waals surface area contributed by atoms with Gasteiger partial charge in [-0.1, -0.05) is 23.7 Å². The first-order valence-corrected chi connectivity index (χ1v) is 13.8. The van der Waals surface area contributed by atoms with E-state index < -0.39 is 5.97 Å². The molecule has 0 bridgehead atoms. The van der Waals surface area contributed by atoms with E-state index in [2.05, 4.69) is 4.74 Å². The molecule has 4 rings (SSSR count). The number of rotatable bonds is 8. The van der Waals surface area contributed by atoms with Crippen LogP contribution >= 0.6 is 11.6 Å². The Labute approximate surface area is 235 Å². The van der Waals surface area contributed by atoms with Gasteiger partial charge in [0, 0.05) is 24.2 Å². The van der Waals surface area contributed by atoms with Gasteiger partial charge in [0.15, 0.2) is 11.5 Å². The van der Waals surface area contributed by atoms with Crippen LogP contribution in [0.3, 0.4) is 0 Å². The number of ether oxygens (including phenoxy) is 3. The summed E-state index contributed by atoms with van der Waals surface area (Å²) in [7, 11) is 4.62. The predicted molar refractivity (Wildman–Crippen MR) is 148 cm³/mol. The standard InChI is InChI=1S/C30H37ClN2O6/c1-18(2)39-26-16-24-20(14-25(26)37-4)15-28(35)33(30(24)19-6-8-21(31)9-7-19)23-12-10-22(11-13-23)32(3)27(34)17-29(36)38-5/h6-9,14,16,18,22-23,30H,10-13,15,17H2,1-5H3/t22-,23-,30?. The van der Waals surface area contributed by atoms with E-state index in [1.54, 1.807) is 19.1 Å². The van der Waals surface area contributed by atoms with E-state index in [1.807, 2.05) is 55.1 Å². The normalized spacial score (nSPS) is 20.8. The molecule has 0 saturated heterocycles. The fraction of sp³-hybridized carbons (Fsp3) is 0.500. The van der Waals surface area contributed by atoms with Crippen molar-refractivity contribution in [1.29, 1.82) is 0 Å². The molecule has 1 fully saturated rings. The van der Waals surface area contributed by atoms with Gasteiger partial charge in [-0.2, -0.15) is 0 Å². The minimum Gasteiger partial charge on any atom is -0.493 e. The van der Waals surface area contributed by atoms with Crippen molar-refractivity contribution in [2.75, 3.05) is 21.3 Å². The molecule has 2 aliphatic rings. The van der Waals surface area contributed by atoms with Crippen LogP contribution in [-0.2, 0) is 25.5 Å². The summed E-state index contributed by atoms with van der Waals surface area (Å²) in [5.74, 6) is 0.522. The van der Waals surface area contributed by atoms with Gasteiger partial charge in [-0.25, -0.2) is 0 Å².